The van der Waals surface area contributed by atoms with Gasteiger partial charge in [0.25, 0.3) is 8.32 Å². The molecule has 35 heavy (non-hydrogen) atoms. The van der Waals surface area contributed by atoms with Crippen molar-refractivity contribution in [2.75, 3.05) is 6.61 Å². The summed E-state index contributed by atoms with van der Waals surface area (Å²) >= 11 is 0. The second kappa shape index (κ2) is 13.0. The van der Waals surface area contributed by atoms with Gasteiger partial charge >= 0.3 is 5.97 Å². The van der Waals surface area contributed by atoms with Crippen molar-refractivity contribution in [2.24, 2.45) is 11.8 Å². The first-order chi connectivity index (χ1) is 16.5. The summed E-state index contributed by atoms with van der Waals surface area (Å²) in [5.74, 6) is -0.762. The van der Waals surface area contributed by atoms with E-state index in [2.05, 4.69) is 114 Å². The molecule has 0 bridgehead atoms. The van der Waals surface area contributed by atoms with Gasteiger partial charge < -0.3 is 9.53 Å². The molecule has 0 aliphatic carbocycles. The van der Waals surface area contributed by atoms with E-state index in [9.17, 15) is 4.79 Å². The van der Waals surface area contributed by atoms with E-state index >= 15 is 0 Å². The van der Waals surface area contributed by atoms with Gasteiger partial charge in [-0.1, -0.05) is 119 Å². The largest absolute Gasteiger partial charge is 0.481 e. The van der Waals surface area contributed by atoms with Crippen LogP contribution in [0.2, 0.25) is 5.04 Å². The highest BCUT2D eigenvalue weighted by molar-refractivity contribution is 6.99. The number of allylic oxidation sites excluding steroid dienone is 3. The average Bonchev–Trinajstić information content (AvgIpc) is 2.79. The molecule has 0 amide bonds. The van der Waals surface area contributed by atoms with Crippen LogP contribution in [0.1, 0.15) is 67.7 Å². The third-order valence-electron chi connectivity index (χ3n) is 6.68. The molecule has 2 aromatic rings. The third kappa shape index (κ3) is 8.05. The quantitative estimate of drug-likeness (QED) is 0.257. The molecule has 2 aromatic carbocycles. The first kappa shape index (κ1) is 28.8. The number of carbonyl (C=O) groups is 1. The maximum absolute atomic E-state index is 11.1. The SMILES string of the molecule is CC(=CC(C)CC(C)C(=O)O)CC/C=C(\C)CO[Si](c1ccccc1)(c1ccccc1)C(C)(C)C. The number of benzene rings is 2. The van der Waals surface area contributed by atoms with E-state index in [0.29, 0.717) is 13.0 Å². The molecule has 0 aromatic heterocycles. The van der Waals surface area contributed by atoms with Crippen molar-refractivity contribution in [3.05, 3.63) is 84.0 Å². The van der Waals surface area contributed by atoms with Gasteiger partial charge in [-0.15, -0.1) is 0 Å². The van der Waals surface area contributed by atoms with Crippen molar-refractivity contribution in [1.82, 2.24) is 0 Å². The maximum Gasteiger partial charge on any atom is 0.306 e. The number of carboxylic acid groups (broad SMARTS) is 1. The Labute approximate surface area is 214 Å². The number of hydrogen-bond donors (Lipinski definition) is 1. The van der Waals surface area contributed by atoms with Crippen LogP contribution in [0.3, 0.4) is 0 Å². The predicted octanol–water partition coefficient (Wildman–Crippen LogP) is 6.98. The van der Waals surface area contributed by atoms with Gasteiger partial charge in [-0.25, -0.2) is 0 Å². The first-order valence-corrected chi connectivity index (χ1v) is 14.7. The normalized spacial score (nSPS) is 15.1. The summed E-state index contributed by atoms with van der Waals surface area (Å²) in [5, 5.41) is 11.7. The molecule has 4 heteroatoms. The summed E-state index contributed by atoms with van der Waals surface area (Å²) in [7, 11) is -2.52. The standard InChI is InChI=1S/C31H44O3Si/c1-24(21-26(3)22-27(4)30(32)33)15-14-16-25(2)23-34-35(31(5,6)7,28-17-10-8-11-18-28)29-19-12-9-13-20-29/h8-13,16-21,26-27H,14-15,22-23H2,1-7H3,(H,32,33)/b24-21?,25-16+. The molecule has 1 N–H and O–H groups in total. The Balaban J connectivity index is 2.14. The molecule has 0 heterocycles. The van der Waals surface area contributed by atoms with E-state index in [0.717, 1.165) is 12.8 Å². The predicted molar refractivity (Wildman–Crippen MR) is 151 cm³/mol. The summed E-state index contributed by atoms with van der Waals surface area (Å²) in [5.41, 5.74) is 2.56. The summed E-state index contributed by atoms with van der Waals surface area (Å²) in [6.45, 7) is 15.7. The zero-order valence-electron chi connectivity index (χ0n) is 22.7. The first-order valence-electron chi connectivity index (χ1n) is 12.8. The summed E-state index contributed by atoms with van der Waals surface area (Å²) in [4.78, 5) is 11.1. The topological polar surface area (TPSA) is 46.5 Å². The van der Waals surface area contributed by atoms with Crippen LogP contribution in [0.4, 0.5) is 0 Å². The lowest BCUT2D eigenvalue weighted by atomic mass is 9.95. The number of rotatable bonds is 12. The smallest absolute Gasteiger partial charge is 0.306 e. The van der Waals surface area contributed by atoms with Crippen molar-refractivity contribution >= 4 is 24.7 Å². The van der Waals surface area contributed by atoms with Gasteiger partial charge in [0.1, 0.15) is 0 Å². The van der Waals surface area contributed by atoms with Crippen LogP contribution in [0.15, 0.2) is 84.0 Å². The van der Waals surface area contributed by atoms with E-state index in [-0.39, 0.29) is 16.9 Å². The fourth-order valence-corrected chi connectivity index (χ4v) is 9.48. The second-order valence-electron chi connectivity index (χ2n) is 11.0. The third-order valence-corrected chi connectivity index (χ3v) is 11.7. The molecule has 2 unspecified atom stereocenters. The minimum Gasteiger partial charge on any atom is -0.481 e. The number of carboxylic acids is 1. The van der Waals surface area contributed by atoms with Crippen LogP contribution in [0.5, 0.6) is 0 Å². The van der Waals surface area contributed by atoms with Crippen molar-refractivity contribution in [1.29, 1.82) is 0 Å². The average molecular weight is 493 g/mol. The number of hydrogen-bond acceptors (Lipinski definition) is 2. The zero-order valence-corrected chi connectivity index (χ0v) is 23.7. The van der Waals surface area contributed by atoms with Gasteiger partial charge in [-0.05, 0) is 54.4 Å². The van der Waals surface area contributed by atoms with Crippen molar-refractivity contribution < 1.29 is 14.3 Å². The maximum atomic E-state index is 11.1. The van der Waals surface area contributed by atoms with E-state index < -0.39 is 14.3 Å². The van der Waals surface area contributed by atoms with Gasteiger partial charge in [-0.2, -0.15) is 0 Å². The van der Waals surface area contributed by atoms with Crippen molar-refractivity contribution in [3.8, 4) is 0 Å². The Bertz CT molecular complexity index is 947. The van der Waals surface area contributed by atoms with Crippen LogP contribution in [-0.4, -0.2) is 26.0 Å². The minimum absolute atomic E-state index is 0.0292. The van der Waals surface area contributed by atoms with Gasteiger partial charge in [0.2, 0.25) is 0 Å². The monoisotopic (exact) mass is 492 g/mol. The van der Waals surface area contributed by atoms with Gasteiger partial charge in [0.15, 0.2) is 0 Å². The van der Waals surface area contributed by atoms with Crippen LogP contribution < -0.4 is 10.4 Å². The highest BCUT2D eigenvalue weighted by Crippen LogP contribution is 2.37. The van der Waals surface area contributed by atoms with Gasteiger partial charge in [0, 0.05) is 0 Å². The second-order valence-corrected chi connectivity index (χ2v) is 15.3. The lowest BCUT2D eigenvalue weighted by Crippen LogP contribution is -2.66. The highest BCUT2D eigenvalue weighted by Gasteiger charge is 2.50. The van der Waals surface area contributed by atoms with Crippen LogP contribution in [0.25, 0.3) is 0 Å². The molecule has 0 fully saturated rings. The van der Waals surface area contributed by atoms with Gasteiger partial charge in [-0.3, -0.25) is 4.79 Å². The van der Waals surface area contributed by atoms with Crippen LogP contribution in [-0.2, 0) is 9.22 Å². The molecule has 190 valence electrons. The summed E-state index contributed by atoms with van der Waals surface area (Å²) < 4.78 is 7.02. The Hall–Kier alpha value is -2.43. The Morgan fingerprint density at radius 2 is 1.46 bits per heavy atom. The molecule has 0 radical (unpaired) electrons. The summed E-state index contributed by atoms with van der Waals surface area (Å²) in [6.07, 6.45) is 7.12. The molecule has 2 atom stereocenters. The molecule has 0 aliphatic heterocycles. The van der Waals surface area contributed by atoms with Crippen LogP contribution >= 0.6 is 0 Å². The molecular formula is C31H44O3Si. The molecule has 3 nitrogen and oxygen atoms in total. The van der Waals surface area contributed by atoms with Crippen molar-refractivity contribution in [2.45, 2.75) is 72.8 Å². The Morgan fingerprint density at radius 1 is 0.943 bits per heavy atom. The lowest BCUT2D eigenvalue weighted by Gasteiger charge is -2.43. The van der Waals surface area contributed by atoms with E-state index in [1.165, 1.54) is 21.5 Å². The fourth-order valence-electron chi connectivity index (χ4n) is 4.88. The zero-order chi connectivity index (χ0) is 26.1. The van der Waals surface area contributed by atoms with Crippen LogP contribution in [0, 0.1) is 11.8 Å². The lowest BCUT2D eigenvalue weighted by molar-refractivity contribution is -0.141. The molecule has 2 rings (SSSR count). The van der Waals surface area contributed by atoms with E-state index in [1.54, 1.807) is 6.92 Å². The molecular weight excluding hydrogens is 448 g/mol. The van der Waals surface area contributed by atoms with Gasteiger partial charge in [0.05, 0.1) is 12.5 Å². The van der Waals surface area contributed by atoms with Crippen molar-refractivity contribution in [3.63, 3.8) is 0 Å². The molecule has 0 saturated heterocycles. The Kier molecular flexibility index (Phi) is 10.7. The highest BCUT2D eigenvalue weighted by atomic mass is 28.4. The summed E-state index contributed by atoms with van der Waals surface area (Å²) in [6, 6.07) is 21.5. The fraction of sp³-hybridized carbons (Fsp3) is 0.452. The minimum atomic E-state index is -2.52. The van der Waals surface area contributed by atoms with E-state index in [4.69, 9.17) is 9.53 Å². The van der Waals surface area contributed by atoms with E-state index in [1.807, 2.05) is 0 Å². The molecule has 0 spiro atoms. The molecule has 0 saturated carbocycles. The Morgan fingerprint density at radius 3 is 1.91 bits per heavy atom. The number of aliphatic carboxylic acids is 1. The molecule has 0 aliphatic rings.